The normalized spacial score (nSPS) is 20.5. The van der Waals surface area contributed by atoms with E-state index < -0.39 is 6.10 Å². The number of rotatable bonds is 6. The monoisotopic (exact) mass is 243 g/mol. The van der Waals surface area contributed by atoms with Crippen molar-refractivity contribution in [3.8, 4) is 0 Å². The van der Waals surface area contributed by atoms with E-state index in [1.807, 2.05) is 0 Å². The van der Waals surface area contributed by atoms with Crippen molar-refractivity contribution in [2.24, 2.45) is 5.92 Å². The Bertz CT molecular complexity index is 195. The molecule has 0 aliphatic heterocycles. The highest BCUT2D eigenvalue weighted by atomic mass is 16.5. The molecule has 0 amide bonds. The molecule has 1 unspecified atom stereocenters. The van der Waals surface area contributed by atoms with E-state index in [1.165, 1.54) is 32.1 Å². The van der Waals surface area contributed by atoms with Crippen molar-refractivity contribution in [1.82, 2.24) is 5.32 Å². The van der Waals surface area contributed by atoms with Crippen LogP contribution in [0.15, 0.2) is 0 Å². The van der Waals surface area contributed by atoms with Crippen LogP contribution in [0.5, 0.6) is 0 Å². The van der Waals surface area contributed by atoms with Crippen molar-refractivity contribution in [3.63, 3.8) is 0 Å². The van der Waals surface area contributed by atoms with Crippen LogP contribution < -0.4 is 5.32 Å². The van der Waals surface area contributed by atoms with Gasteiger partial charge in [0.15, 0.2) is 0 Å². The number of β-amino-alcohol motifs (C(OH)–C–C–N with tert-alkyl or cyclic N) is 1. The second-order valence-electron chi connectivity index (χ2n) is 6.33. The molecule has 2 N–H and O–H groups in total. The Morgan fingerprint density at radius 1 is 1.24 bits per heavy atom. The lowest BCUT2D eigenvalue weighted by Crippen LogP contribution is -2.42. The van der Waals surface area contributed by atoms with Crippen molar-refractivity contribution in [2.75, 3.05) is 19.8 Å². The lowest BCUT2D eigenvalue weighted by atomic mass is 9.90. The highest BCUT2D eigenvalue weighted by Gasteiger charge is 2.15. The molecular weight excluding hydrogens is 214 g/mol. The Balaban J connectivity index is 2.01. The first-order valence-electron chi connectivity index (χ1n) is 6.98. The van der Waals surface area contributed by atoms with Crippen molar-refractivity contribution in [2.45, 2.75) is 64.5 Å². The molecule has 0 spiro atoms. The summed E-state index contributed by atoms with van der Waals surface area (Å²) in [5.74, 6) is 0.728. The topological polar surface area (TPSA) is 41.5 Å². The molecule has 1 saturated carbocycles. The summed E-state index contributed by atoms with van der Waals surface area (Å²) >= 11 is 0. The molecular formula is C14H29NO2. The van der Waals surface area contributed by atoms with Crippen LogP contribution in [0.4, 0.5) is 0 Å². The van der Waals surface area contributed by atoms with Crippen molar-refractivity contribution in [1.29, 1.82) is 0 Å². The largest absolute Gasteiger partial charge is 0.389 e. The molecule has 1 aliphatic carbocycles. The molecule has 0 radical (unpaired) electrons. The lowest BCUT2D eigenvalue weighted by Gasteiger charge is -2.24. The van der Waals surface area contributed by atoms with Gasteiger partial charge in [-0.25, -0.2) is 0 Å². The van der Waals surface area contributed by atoms with E-state index in [1.54, 1.807) is 0 Å². The zero-order valence-corrected chi connectivity index (χ0v) is 11.7. The second kappa shape index (κ2) is 7.34. The third kappa shape index (κ3) is 7.74. The molecule has 0 heterocycles. The number of aliphatic hydroxyl groups excluding tert-OH is 1. The molecule has 0 saturated heterocycles. The van der Waals surface area contributed by atoms with Crippen LogP contribution in [-0.4, -0.2) is 36.5 Å². The van der Waals surface area contributed by atoms with E-state index in [4.69, 9.17) is 4.74 Å². The van der Waals surface area contributed by atoms with Crippen molar-refractivity contribution >= 4 is 0 Å². The van der Waals surface area contributed by atoms with Crippen LogP contribution in [-0.2, 0) is 4.74 Å². The summed E-state index contributed by atoms with van der Waals surface area (Å²) in [6, 6.07) is 0. The molecule has 3 heteroatoms. The number of hydrogen-bond acceptors (Lipinski definition) is 3. The maximum Gasteiger partial charge on any atom is 0.0897 e. The predicted octanol–water partition coefficient (Wildman–Crippen LogP) is 2.33. The molecule has 1 aliphatic rings. The van der Waals surface area contributed by atoms with Gasteiger partial charge in [-0.2, -0.15) is 0 Å². The maximum atomic E-state index is 9.75. The minimum absolute atomic E-state index is 0.0599. The minimum Gasteiger partial charge on any atom is -0.389 e. The van der Waals surface area contributed by atoms with Gasteiger partial charge in [0.1, 0.15) is 0 Å². The molecule has 1 fully saturated rings. The summed E-state index contributed by atoms with van der Waals surface area (Å²) in [5, 5.41) is 13.0. The molecule has 3 nitrogen and oxygen atoms in total. The zero-order chi connectivity index (χ0) is 12.7. The first kappa shape index (κ1) is 14.9. The van der Waals surface area contributed by atoms with E-state index in [9.17, 15) is 5.11 Å². The molecule has 0 aromatic heterocycles. The summed E-state index contributed by atoms with van der Waals surface area (Å²) in [5.41, 5.74) is 0.0599. The average molecular weight is 243 g/mol. The van der Waals surface area contributed by atoms with Gasteiger partial charge in [-0.05, 0) is 39.5 Å². The van der Waals surface area contributed by atoms with Gasteiger partial charge in [-0.1, -0.05) is 19.3 Å². The Hall–Kier alpha value is -0.120. The molecule has 1 rings (SSSR count). The van der Waals surface area contributed by atoms with Crippen LogP contribution in [0.3, 0.4) is 0 Å². The Morgan fingerprint density at radius 3 is 2.47 bits per heavy atom. The SMILES string of the molecule is CC(C)(C)NCC(O)COCC1CCCCC1. The van der Waals surface area contributed by atoms with Gasteiger partial charge in [0.05, 0.1) is 12.7 Å². The molecule has 0 bridgehead atoms. The van der Waals surface area contributed by atoms with Gasteiger partial charge in [0, 0.05) is 18.7 Å². The maximum absolute atomic E-state index is 9.75. The van der Waals surface area contributed by atoms with Gasteiger partial charge in [0.25, 0.3) is 0 Å². The van der Waals surface area contributed by atoms with Crippen molar-refractivity contribution < 1.29 is 9.84 Å². The molecule has 1 atom stereocenters. The summed E-state index contributed by atoms with van der Waals surface area (Å²) < 4.78 is 5.61. The fourth-order valence-corrected chi connectivity index (χ4v) is 2.21. The van der Waals surface area contributed by atoms with Gasteiger partial charge < -0.3 is 15.2 Å². The van der Waals surface area contributed by atoms with E-state index in [0.717, 1.165) is 12.5 Å². The minimum atomic E-state index is -0.391. The van der Waals surface area contributed by atoms with E-state index in [0.29, 0.717) is 13.2 Å². The third-order valence-corrected chi connectivity index (χ3v) is 3.26. The Morgan fingerprint density at radius 2 is 1.88 bits per heavy atom. The molecule has 17 heavy (non-hydrogen) atoms. The second-order valence-corrected chi connectivity index (χ2v) is 6.33. The molecule has 0 aromatic rings. The lowest BCUT2D eigenvalue weighted by molar-refractivity contribution is 0.0138. The van der Waals surface area contributed by atoms with Crippen molar-refractivity contribution in [3.05, 3.63) is 0 Å². The number of nitrogens with one attached hydrogen (secondary N) is 1. The van der Waals surface area contributed by atoms with Crippen LogP contribution in [0.2, 0.25) is 0 Å². The van der Waals surface area contributed by atoms with Gasteiger partial charge in [-0.15, -0.1) is 0 Å². The fourth-order valence-electron chi connectivity index (χ4n) is 2.21. The number of hydrogen-bond donors (Lipinski definition) is 2. The summed E-state index contributed by atoms with van der Waals surface area (Å²) in [6.45, 7) is 8.19. The van der Waals surface area contributed by atoms with Gasteiger partial charge in [-0.3, -0.25) is 0 Å². The Labute approximate surface area is 106 Å². The average Bonchev–Trinajstić information content (AvgIpc) is 2.27. The fraction of sp³-hybridized carbons (Fsp3) is 1.00. The van der Waals surface area contributed by atoms with Gasteiger partial charge >= 0.3 is 0 Å². The summed E-state index contributed by atoms with van der Waals surface area (Å²) in [7, 11) is 0. The number of ether oxygens (including phenoxy) is 1. The summed E-state index contributed by atoms with van der Waals surface area (Å²) in [6.07, 6.45) is 6.30. The van der Waals surface area contributed by atoms with Gasteiger partial charge in [0.2, 0.25) is 0 Å². The first-order valence-corrected chi connectivity index (χ1v) is 6.98. The quantitative estimate of drug-likeness (QED) is 0.752. The van der Waals surface area contributed by atoms with Crippen LogP contribution in [0, 0.1) is 5.92 Å². The van der Waals surface area contributed by atoms with E-state index >= 15 is 0 Å². The predicted molar refractivity (Wildman–Crippen MR) is 71.2 cm³/mol. The standard InChI is InChI=1S/C14H29NO2/c1-14(2,3)15-9-13(16)11-17-10-12-7-5-4-6-8-12/h12-13,15-16H,4-11H2,1-3H3. The van der Waals surface area contributed by atoms with Crippen LogP contribution in [0.25, 0.3) is 0 Å². The highest BCUT2D eigenvalue weighted by Crippen LogP contribution is 2.23. The van der Waals surface area contributed by atoms with E-state index in [-0.39, 0.29) is 5.54 Å². The van der Waals surface area contributed by atoms with E-state index in [2.05, 4.69) is 26.1 Å². The Kier molecular flexibility index (Phi) is 6.45. The summed E-state index contributed by atoms with van der Waals surface area (Å²) in [4.78, 5) is 0. The smallest absolute Gasteiger partial charge is 0.0897 e. The number of aliphatic hydroxyl groups is 1. The first-order chi connectivity index (χ1) is 7.97. The highest BCUT2D eigenvalue weighted by molar-refractivity contribution is 4.73. The van der Waals surface area contributed by atoms with Crippen LogP contribution in [0.1, 0.15) is 52.9 Å². The van der Waals surface area contributed by atoms with Crippen LogP contribution >= 0.6 is 0 Å². The third-order valence-electron chi connectivity index (χ3n) is 3.26. The molecule has 0 aromatic carbocycles. The zero-order valence-electron chi connectivity index (χ0n) is 11.7. The molecule has 102 valence electrons.